The van der Waals surface area contributed by atoms with Crippen LogP contribution >= 0.6 is 0 Å². The van der Waals surface area contributed by atoms with Crippen LogP contribution in [0.3, 0.4) is 0 Å². The first-order chi connectivity index (χ1) is 7.31. The second-order valence-corrected chi connectivity index (χ2v) is 4.23. The van der Waals surface area contributed by atoms with Gasteiger partial charge in [0.05, 0.1) is 24.8 Å². The van der Waals surface area contributed by atoms with E-state index in [1.807, 2.05) is 12.1 Å². The van der Waals surface area contributed by atoms with Crippen molar-refractivity contribution in [3.8, 4) is 6.07 Å². The van der Waals surface area contributed by atoms with Gasteiger partial charge in [-0.05, 0) is 32.0 Å². The standard InChI is InChI=1S/C12H16N2O/c1-14(9-11-5-3-7-15-11)12-6-2-4-10(12)8-13/h3,5,7,10,12H,2,4,6,9H2,1H3. The van der Waals surface area contributed by atoms with Crippen LogP contribution in [0.25, 0.3) is 0 Å². The monoisotopic (exact) mass is 204 g/mol. The van der Waals surface area contributed by atoms with Crippen molar-refractivity contribution < 1.29 is 4.42 Å². The number of nitriles is 1. The number of furan rings is 1. The van der Waals surface area contributed by atoms with Crippen LogP contribution in [-0.2, 0) is 6.54 Å². The van der Waals surface area contributed by atoms with Crippen molar-refractivity contribution in [2.75, 3.05) is 7.05 Å². The van der Waals surface area contributed by atoms with E-state index in [9.17, 15) is 0 Å². The fourth-order valence-corrected chi connectivity index (χ4v) is 2.38. The third kappa shape index (κ3) is 2.21. The normalized spacial score (nSPS) is 25.7. The lowest BCUT2D eigenvalue weighted by Gasteiger charge is -2.25. The summed E-state index contributed by atoms with van der Waals surface area (Å²) in [6.45, 7) is 0.801. The van der Waals surface area contributed by atoms with Crippen LogP contribution in [0.5, 0.6) is 0 Å². The summed E-state index contributed by atoms with van der Waals surface area (Å²) < 4.78 is 5.31. The highest BCUT2D eigenvalue weighted by Gasteiger charge is 2.30. The summed E-state index contributed by atoms with van der Waals surface area (Å²) in [5.41, 5.74) is 0. The van der Waals surface area contributed by atoms with Crippen molar-refractivity contribution in [2.45, 2.75) is 31.8 Å². The SMILES string of the molecule is CN(Cc1ccco1)C1CCCC1C#N. The lowest BCUT2D eigenvalue weighted by molar-refractivity contribution is 0.197. The molecule has 2 rings (SSSR count). The molecule has 80 valence electrons. The Morgan fingerprint density at radius 2 is 2.47 bits per heavy atom. The molecule has 2 atom stereocenters. The van der Waals surface area contributed by atoms with E-state index >= 15 is 0 Å². The summed E-state index contributed by atoms with van der Waals surface area (Å²) in [6.07, 6.45) is 5.05. The molecule has 0 saturated heterocycles. The molecule has 1 saturated carbocycles. The first-order valence-electron chi connectivity index (χ1n) is 5.43. The summed E-state index contributed by atoms with van der Waals surface area (Å²) in [4.78, 5) is 2.24. The van der Waals surface area contributed by atoms with Crippen molar-refractivity contribution in [2.24, 2.45) is 5.92 Å². The largest absolute Gasteiger partial charge is 0.468 e. The van der Waals surface area contributed by atoms with Crippen LogP contribution in [0.15, 0.2) is 22.8 Å². The van der Waals surface area contributed by atoms with Gasteiger partial charge in [-0.15, -0.1) is 0 Å². The van der Waals surface area contributed by atoms with Crippen molar-refractivity contribution in [1.82, 2.24) is 4.90 Å². The van der Waals surface area contributed by atoms with Gasteiger partial charge in [0.25, 0.3) is 0 Å². The summed E-state index contributed by atoms with van der Waals surface area (Å²) in [7, 11) is 2.07. The average molecular weight is 204 g/mol. The lowest BCUT2D eigenvalue weighted by atomic mass is 10.0. The quantitative estimate of drug-likeness (QED) is 0.759. The molecule has 3 heteroatoms. The van der Waals surface area contributed by atoms with E-state index in [0.717, 1.165) is 25.1 Å². The molecule has 3 nitrogen and oxygen atoms in total. The van der Waals surface area contributed by atoms with Crippen molar-refractivity contribution >= 4 is 0 Å². The minimum absolute atomic E-state index is 0.199. The molecule has 1 heterocycles. The fraction of sp³-hybridized carbons (Fsp3) is 0.583. The van der Waals surface area contributed by atoms with E-state index in [1.54, 1.807) is 6.26 Å². The Morgan fingerprint density at radius 1 is 1.60 bits per heavy atom. The van der Waals surface area contributed by atoms with Gasteiger partial charge in [-0.2, -0.15) is 5.26 Å². The molecule has 1 fully saturated rings. The van der Waals surface area contributed by atoms with E-state index in [0.29, 0.717) is 6.04 Å². The summed E-state index contributed by atoms with van der Waals surface area (Å²) in [5.74, 6) is 1.17. The molecule has 0 N–H and O–H groups in total. The van der Waals surface area contributed by atoms with Gasteiger partial charge in [0.1, 0.15) is 5.76 Å². The Kier molecular flexibility index (Phi) is 3.08. The molecular weight excluding hydrogens is 188 g/mol. The molecule has 0 radical (unpaired) electrons. The Hall–Kier alpha value is -1.27. The first kappa shape index (κ1) is 10.3. The van der Waals surface area contributed by atoms with E-state index in [4.69, 9.17) is 9.68 Å². The molecule has 0 bridgehead atoms. The third-order valence-corrected chi connectivity index (χ3v) is 3.20. The van der Waals surface area contributed by atoms with E-state index < -0.39 is 0 Å². The molecule has 0 aromatic carbocycles. The zero-order valence-electron chi connectivity index (χ0n) is 9.02. The van der Waals surface area contributed by atoms with Crippen LogP contribution in [0.1, 0.15) is 25.0 Å². The maximum Gasteiger partial charge on any atom is 0.117 e. The van der Waals surface area contributed by atoms with Crippen LogP contribution in [0.2, 0.25) is 0 Å². The highest BCUT2D eigenvalue weighted by Crippen LogP contribution is 2.29. The molecule has 2 unspecified atom stereocenters. The van der Waals surface area contributed by atoms with Crippen molar-refractivity contribution in [3.63, 3.8) is 0 Å². The third-order valence-electron chi connectivity index (χ3n) is 3.20. The lowest BCUT2D eigenvalue weighted by Crippen LogP contribution is -2.33. The van der Waals surface area contributed by atoms with Crippen molar-refractivity contribution in [3.05, 3.63) is 24.2 Å². The van der Waals surface area contributed by atoms with Gasteiger partial charge < -0.3 is 4.42 Å². The van der Waals surface area contributed by atoms with E-state index in [1.165, 1.54) is 6.42 Å². The number of rotatable bonds is 3. The smallest absolute Gasteiger partial charge is 0.117 e. The molecule has 1 aromatic rings. The van der Waals surface area contributed by atoms with Gasteiger partial charge in [0.15, 0.2) is 0 Å². The second kappa shape index (κ2) is 4.50. The maximum atomic E-state index is 9.01. The Morgan fingerprint density at radius 3 is 3.13 bits per heavy atom. The Labute approximate surface area is 90.3 Å². The molecule has 1 aliphatic rings. The number of nitrogens with zero attached hydrogens (tertiary/aromatic N) is 2. The topological polar surface area (TPSA) is 40.2 Å². The molecule has 0 aliphatic heterocycles. The summed E-state index contributed by atoms with van der Waals surface area (Å²) >= 11 is 0. The van der Waals surface area contributed by atoms with E-state index in [2.05, 4.69) is 18.0 Å². The fourth-order valence-electron chi connectivity index (χ4n) is 2.38. The van der Waals surface area contributed by atoms with E-state index in [-0.39, 0.29) is 5.92 Å². The molecule has 1 aromatic heterocycles. The zero-order valence-corrected chi connectivity index (χ0v) is 9.02. The average Bonchev–Trinajstić information content (AvgIpc) is 2.86. The van der Waals surface area contributed by atoms with Crippen LogP contribution in [0.4, 0.5) is 0 Å². The Bertz CT molecular complexity index is 339. The second-order valence-electron chi connectivity index (χ2n) is 4.23. The minimum Gasteiger partial charge on any atom is -0.468 e. The molecule has 15 heavy (non-hydrogen) atoms. The minimum atomic E-state index is 0.199. The van der Waals surface area contributed by atoms with Crippen LogP contribution < -0.4 is 0 Å². The van der Waals surface area contributed by atoms with Gasteiger partial charge in [-0.25, -0.2) is 0 Å². The highest BCUT2D eigenvalue weighted by molar-refractivity contribution is 5.01. The summed E-state index contributed by atoms with van der Waals surface area (Å²) in [6, 6.07) is 6.69. The molecule has 0 spiro atoms. The van der Waals surface area contributed by atoms with Crippen LogP contribution in [0, 0.1) is 17.2 Å². The number of hydrogen-bond acceptors (Lipinski definition) is 3. The molecular formula is C12H16N2O. The van der Waals surface area contributed by atoms with Gasteiger partial charge in [0.2, 0.25) is 0 Å². The van der Waals surface area contributed by atoms with Crippen molar-refractivity contribution in [1.29, 1.82) is 5.26 Å². The molecule has 1 aliphatic carbocycles. The maximum absolute atomic E-state index is 9.01. The number of hydrogen-bond donors (Lipinski definition) is 0. The van der Waals surface area contributed by atoms with Gasteiger partial charge in [-0.1, -0.05) is 6.42 Å². The molecule has 0 amide bonds. The Balaban J connectivity index is 1.96. The predicted octanol–water partition coefficient (Wildman–Crippen LogP) is 2.40. The highest BCUT2D eigenvalue weighted by atomic mass is 16.3. The van der Waals surface area contributed by atoms with Gasteiger partial charge in [0, 0.05) is 6.04 Å². The summed E-state index contributed by atoms with van der Waals surface area (Å²) in [5, 5.41) is 9.01. The predicted molar refractivity (Wildman–Crippen MR) is 56.9 cm³/mol. The van der Waals surface area contributed by atoms with Gasteiger partial charge in [-0.3, -0.25) is 4.90 Å². The van der Waals surface area contributed by atoms with Crippen LogP contribution in [-0.4, -0.2) is 18.0 Å². The zero-order chi connectivity index (χ0) is 10.7. The first-order valence-corrected chi connectivity index (χ1v) is 5.43. The van der Waals surface area contributed by atoms with Gasteiger partial charge >= 0.3 is 0 Å².